The number of hydrogen-bond acceptors (Lipinski definition) is 3. The van der Waals surface area contributed by atoms with Gasteiger partial charge in [0.2, 0.25) is 0 Å². The highest BCUT2D eigenvalue weighted by atomic mass is 16.5. The van der Waals surface area contributed by atoms with Crippen LogP contribution in [0.25, 0.3) is 0 Å². The standard InChI is InChI=1S/C14H14O3/c15-10-11-16-13-8-4-5-9-14(13)17-12-6-2-1-3-7-12/h1-9,15H,10-11H2. The maximum atomic E-state index is 8.74. The quantitative estimate of drug-likeness (QED) is 0.858. The molecule has 0 aliphatic rings. The summed E-state index contributed by atoms with van der Waals surface area (Å²) in [5.41, 5.74) is 0. The molecule has 0 fully saturated rings. The van der Waals surface area contributed by atoms with E-state index in [1.165, 1.54) is 0 Å². The summed E-state index contributed by atoms with van der Waals surface area (Å²) in [6.45, 7) is 0.245. The number of hydrogen-bond donors (Lipinski definition) is 1. The van der Waals surface area contributed by atoms with E-state index in [1.807, 2.05) is 54.6 Å². The average Bonchev–Trinajstić information content (AvgIpc) is 2.39. The molecule has 0 saturated carbocycles. The van der Waals surface area contributed by atoms with E-state index in [-0.39, 0.29) is 13.2 Å². The summed E-state index contributed by atoms with van der Waals surface area (Å²) < 4.78 is 11.1. The summed E-state index contributed by atoms with van der Waals surface area (Å²) in [6, 6.07) is 16.9. The van der Waals surface area contributed by atoms with Crippen molar-refractivity contribution in [3.63, 3.8) is 0 Å². The predicted octanol–water partition coefficient (Wildman–Crippen LogP) is 2.85. The van der Waals surface area contributed by atoms with E-state index in [9.17, 15) is 0 Å². The minimum Gasteiger partial charge on any atom is -0.487 e. The van der Waals surface area contributed by atoms with Gasteiger partial charge < -0.3 is 14.6 Å². The highest BCUT2D eigenvalue weighted by molar-refractivity contribution is 5.42. The summed E-state index contributed by atoms with van der Waals surface area (Å²) in [7, 11) is 0. The third-order valence-corrected chi connectivity index (χ3v) is 2.17. The zero-order valence-corrected chi connectivity index (χ0v) is 9.37. The van der Waals surface area contributed by atoms with Gasteiger partial charge in [-0.25, -0.2) is 0 Å². The highest BCUT2D eigenvalue weighted by Crippen LogP contribution is 2.30. The third kappa shape index (κ3) is 3.23. The first kappa shape index (κ1) is 11.5. The minimum atomic E-state index is -0.0142. The molecule has 0 amide bonds. The summed E-state index contributed by atoms with van der Waals surface area (Å²) >= 11 is 0. The first-order valence-electron chi connectivity index (χ1n) is 5.46. The molecular weight excluding hydrogens is 216 g/mol. The number of ether oxygens (including phenoxy) is 2. The molecule has 3 heteroatoms. The van der Waals surface area contributed by atoms with Crippen molar-refractivity contribution in [2.75, 3.05) is 13.2 Å². The van der Waals surface area contributed by atoms with Gasteiger partial charge in [-0.05, 0) is 24.3 Å². The lowest BCUT2D eigenvalue weighted by atomic mass is 10.3. The molecule has 0 radical (unpaired) electrons. The monoisotopic (exact) mass is 230 g/mol. The van der Waals surface area contributed by atoms with E-state index >= 15 is 0 Å². The first-order valence-corrected chi connectivity index (χ1v) is 5.46. The van der Waals surface area contributed by atoms with Gasteiger partial charge in [0.15, 0.2) is 11.5 Å². The Labute approximate surface area is 100 Å². The molecule has 0 heterocycles. The van der Waals surface area contributed by atoms with Crippen molar-refractivity contribution in [3.05, 3.63) is 54.6 Å². The molecule has 0 unspecified atom stereocenters. The van der Waals surface area contributed by atoms with E-state index in [0.29, 0.717) is 11.5 Å². The molecule has 88 valence electrons. The Balaban J connectivity index is 2.15. The first-order chi connectivity index (χ1) is 8.40. The van der Waals surface area contributed by atoms with Gasteiger partial charge in [0.25, 0.3) is 0 Å². The van der Waals surface area contributed by atoms with Crippen molar-refractivity contribution >= 4 is 0 Å². The zero-order valence-electron chi connectivity index (χ0n) is 9.37. The average molecular weight is 230 g/mol. The SMILES string of the molecule is OCCOc1ccccc1Oc1ccccc1. The van der Waals surface area contributed by atoms with Crippen LogP contribution in [0, 0.1) is 0 Å². The molecule has 2 aromatic rings. The van der Waals surface area contributed by atoms with E-state index < -0.39 is 0 Å². The van der Waals surface area contributed by atoms with Crippen LogP contribution in [0.5, 0.6) is 17.2 Å². The lowest BCUT2D eigenvalue weighted by Gasteiger charge is -2.11. The van der Waals surface area contributed by atoms with Crippen LogP contribution in [-0.4, -0.2) is 18.3 Å². The molecule has 0 aromatic heterocycles. The van der Waals surface area contributed by atoms with Gasteiger partial charge in [-0.3, -0.25) is 0 Å². The second-order valence-corrected chi connectivity index (χ2v) is 3.43. The summed E-state index contributed by atoms with van der Waals surface area (Å²) in [6.07, 6.45) is 0. The largest absolute Gasteiger partial charge is 0.487 e. The van der Waals surface area contributed by atoms with E-state index in [2.05, 4.69) is 0 Å². The lowest BCUT2D eigenvalue weighted by molar-refractivity contribution is 0.198. The molecule has 0 aliphatic carbocycles. The maximum absolute atomic E-state index is 8.74. The zero-order chi connectivity index (χ0) is 11.9. The van der Waals surface area contributed by atoms with E-state index in [1.54, 1.807) is 0 Å². The Hall–Kier alpha value is -2.00. The molecule has 17 heavy (non-hydrogen) atoms. The fraction of sp³-hybridized carbons (Fsp3) is 0.143. The van der Waals surface area contributed by atoms with Gasteiger partial charge >= 0.3 is 0 Å². The summed E-state index contributed by atoms with van der Waals surface area (Å²) in [4.78, 5) is 0. The Morgan fingerprint density at radius 1 is 0.824 bits per heavy atom. The van der Waals surface area contributed by atoms with Crippen molar-refractivity contribution in [3.8, 4) is 17.2 Å². The number of aliphatic hydroxyl groups excluding tert-OH is 1. The van der Waals surface area contributed by atoms with E-state index in [4.69, 9.17) is 14.6 Å². The van der Waals surface area contributed by atoms with Gasteiger partial charge in [0, 0.05) is 0 Å². The molecule has 0 bridgehead atoms. The van der Waals surface area contributed by atoms with Gasteiger partial charge in [0.05, 0.1) is 6.61 Å². The Morgan fingerprint density at radius 2 is 1.47 bits per heavy atom. The number of aliphatic hydroxyl groups is 1. The Bertz CT molecular complexity index is 454. The van der Waals surface area contributed by atoms with Crippen LogP contribution in [0.3, 0.4) is 0 Å². The number of para-hydroxylation sites is 3. The number of rotatable bonds is 5. The van der Waals surface area contributed by atoms with Crippen LogP contribution in [0.4, 0.5) is 0 Å². The summed E-state index contributed by atoms with van der Waals surface area (Å²) in [5, 5.41) is 8.74. The van der Waals surface area contributed by atoms with Crippen LogP contribution in [0.2, 0.25) is 0 Å². The normalized spacial score (nSPS) is 9.94. The fourth-order valence-corrected chi connectivity index (χ4v) is 1.42. The Morgan fingerprint density at radius 3 is 2.18 bits per heavy atom. The molecule has 2 aromatic carbocycles. The predicted molar refractivity (Wildman–Crippen MR) is 65.5 cm³/mol. The molecule has 3 nitrogen and oxygen atoms in total. The molecular formula is C14H14O3. The van der Waals surface area contributed by atoms with Gasteiger partial charge in [-0.2, -0.15) is 0 Å². The second-order valence-electron chi connectivity index (χ2n) is 3.43. The van der Waals surface area contributed by atoms with Crippen molar-refractivity contribution < 1.29 is 14.6 Å². The second kappa shape index (κ2) is 5.92. The maximum Gasteiger partial charge on any atom is 0.169 e. The van der Waals surface area contributed by atoms with Crippen molar-refractivity contribution in [1.82, 2.24) is 0 Å². The highest BCUT2D eigenvalue weighted by Gasteiger charge is 2.04. The van der Waals surface area contributed by atoms with Gasteiger partial charge in [0.1, 0.15) is 12.4 Å². The lowest BCUT2D eigenvalue weighted by Crippen LogP contribution is -2.02. The fourth-order valence-electron chi connectivity index (χ4n) is 1.42. The van der Waals surface area contributed by atoms with Crippen molar-refractivity contribution in [1.29, 1.82) is 0 Å². The van der Waals surface area contributed by atoms with Gasteiger partial charge in [-0.1, -0.05) is 30.3 Å². The van der Waals surface area contributed by atoms with Crippen molar-refractivity contribution in [2.24, 2.45) is 0 Å². The number of benzene rings is 2. The van der Waals surface area contributed by atoms with Crippen molar-refractivity contribution in [2.45, 2.75) is 0 Å². The molecule has 0 atom stereocenters. The van der Waals surface area contributed by atoms with Crippen LogP contribution < -0.4 is 9.47 Å². The molecule has 2 rings (SSSR count). The molecule has 1 N–H and O–H groups in total. The van der Waals surface area contributed by atoms with Crippen LogP contribution >= 0.6 is 0 Å². The minimum absolute atomic E-state index is 0.0142. The van der Waals surface area contributed by atoms with Crippen LogP contribution in [0.15, 0.2) is 54.6 Å². The smallest absolute Gasteiger partial charge is 0.169 e. The van der Waals surface area contributed by atoms with Crippen LogP contribution in [-0.2, 0) is 0 Å². The van der Waals surface area contributed by atoms with Gasteiger partial charge in [-0.15, -0.1) is 0 Å². The molecule has 0 spiro atoms. The topological polar surface area (TPSA) is 38.7 Å². The Kier molecular flexibility index (Phi) is 4.00. The summed E-state index contributed by atoms with van der Waals surface area (Å²) in [5.74, 6) is 2.03. The molecule has 0 aliphatic heterocycles. The molecule has 0 saturated heterocycles. The van der Waals surface area contributed by atoms with E-state index in [0.717, 1.165) is 5.75 Å². The third-order valence-electron chi connectivity index (χ3n) is 2.17. The van der Waals surface area contributed by atoms with Crippen LogP contribution in [0.1, 0.15) is 0 Å².